The number of sulfone groups is 1. The van der Waals surface area contributed by atoms with Crippen molar-refractivity contribution in [3.63, 3.8) is 0 Å². The highest BCUT2D eigenvalue weighted by molar-refractivity contribution is 7.91. The van der Waals surface area contributed by atoms with Crippen LogP contribution in [0.2, 0.25) is 0 Å². The van der Waals surface area contributed by atoms with Gasteiger partial charge >= 0.3 is 0 Å². The lowest BCUT2D eigenvalue weighted by Crippen LogP contribution is -2.35. The molecule has 0 saturated heterocycles. The lowest BCUT2D eigenvalue weighted by molar-refractivity contribution is 0.485. The number of hydrogen-bond donors (Lipinski definition) is 1. The van der Waals surface area contributed by atoms with Gasteiger partial charge in [0.05, 0.1) is 5.25 Å². The van der Waals surface area contributed by atoms with Gasteiger partial charge in [0.2, 0.25) is 0 Å². The van der Waals surface area contributed by atoms with Gasteiger partial charge in [-0.2, -0.15) is 0 Å². The van der Waals surface area contributed by atoms with Crippen molar-refractivity contribution in [1.82, 2.24) is 0 Å². The first-order chi connectivity index (χ1) is 7.86. The molecular weight excluding hydrogens is 258 g/mol. The van der Waals surface area contributed by atoms with E-state index in [0.29, 0.717) is 13.0 Å². The van der Waals surface area contributed by atoms with Gasteiger partial charge in [-0.25, -0.2) is 8.42 Å². The van der Waals surface area contributed by atoms with Gasteiger partial charge in [-0.05, 0) is 32.2 Å². The molecule has 4 nitrogen and oxygen atoms in total. The minimum atomic E-state index is -2.99. The molecule has 4 unspecified atom stereocenters. The van der Waals surface area contributed by atoms with Crippen molar-refractivity contribution >= 4 is 20.6 Å². The standard InChI is InChI=1S/C11H23NO3S2/c1-9(6-7-12)16(13)10-4-3-5-11(8-10)17(2,14)15/h9-11H,3-8,12H2,1-2H3. The van der Waals surface area contributed by atoms with Gasteiger partial charge in [0.25, 0.3) is 0 Å². The molecule has 0 spiro atoms. The summed E-state index contributed by atoms with van der Waals surface area (Å²) in [4.78, 5) is 0. The lowest BCUT2D eigenvalue weighted by Gasteiger charge is -2.29. The van der Waals surface area contributed by atoms with E-state index in [1.807, 2.05) is 6.92 Å². The molecule has 102 valence electrons. The summed E-state index contributed by atoms with van der Waals surface area (Å²) in [5, 5.41) is -0.191. The molecule has 1 aliphatic rings. The summed E-state index contributed by atoms with van der Waals surface area (Å²) in [5.74, 6) is 0. The third-order valence-electron chi connectivity index (χ3n) is 3.48. The van der Waals surface area contributed by atoms with Crippen molar-refractivity contribution < 1.29 is 12.6 Å². The Kier molecular flexibility index (Phi) is 5.60. The minimum absolute atomic E-state index is 0.0324. The molecule has 1 aliphatic carbocycles. The Hall–Kier alpha value is 0.0600. The topological polar surface area (TPSA) is 77.2 Å². The largest absolute Gasteiger partial charge is 0.330 e. The zero-order chi connectivity index (χ0) is 13.1. The van der Waals surface area contributed by atoms with E-state index >= 15 is 0 Å². The van der Waals surface area contributed by atoms with Crippen molar-refractivity contribution in [2.45, 2.75) is 54.8 Å². The van der Waals surface area contributed by atoms with E-state index in [-0.39, 0.29) is 15.7 Å². The van der Waals surface area contributed by atoms with Crippen molar-refractivity contribution in [2.75, 3.05) is 12.8 Å². The van der Waals surface area contributed by atoms with Crippen molar-refractivity contribution in [1.29, 1.82) is 0 Å². The summed E-state index contributed by atoms with van der Waals surface area (Å²) in [7, 11) is -3.94. The zero-order valence-corrected chi connectivity index (χ0v) is 12.2. The fourth-order valence-electron chi connectivity index (χ4n) is 2.38. The molecule has 1 fully saturated rings. The van der Waals surface area contributed by atoms with E-state index in [1.54, 1.807) is 0 Å². The molecule has 17 heavy (non-hydrogen) atoms. The first-order valence-corrected chi connectivity index (χ1v) is 9.37. The highest BCUT2D eigenvalue weighted by Gasteiger charge is 2.33. The predicted octanol–water partition coefficient (Wildman–Crippen LogP) is 0.828. The maximum Gasteiger partial charge on any atom is 0.150 e. The summed E-state index contributed by atoms with van der Waals surface area (Å²) in [6, 6.07) is 0. The Morgan fingerprint density at radius 3 is 2.59 bits per heavy atom. The van der Waals surface area contributed by atoms with Crippen LogP contribution in [0.1, 0.15) is 39.0 Å². The molecule has 0 heterocycles. The summed E-state index contributed by atoms with van der Waals surface area (Å²) >= 11 is 0. The van der Waals surface area contributed by atoms with E-state index in [4.69, 9.17) is 5.73 Å². The first-order valence-electron chi connectivity index (χ1n) is 6.14. The molecule has 1 rings (SSSR count). The summed E-state index contributed by atoms with van der Waals surface area (Å²) in [6.45, 7) is 2.47. The van der Waals surface area contributed by atoms with Gasteiger partial charge in [0.15, 0.2) is 0 Å². The molecular formula is C11H23NO3S2. The second-order valence-electron chi connectivity index (χ2n) is 4.96. The Labute approximate surface area is 107 Å². The van der Waals surface area contributed by atoms with Gasteiger partial charge in [-0.1, -0.05) is 13.3 Å². The molecule has 0 bridgehead atoms. The van der Waals surface area contributed by atoms with Crippen LogP contribution in [0.4, 0.5) is 0 Å². The number of rotatable bonds is 5. The Bertz CT molecular complexity index is 367. The van der Waals surface area contributed by atoms with Crippen LogP contribution < -0.4 is 5.73 Å². The monoisotopic (exact) mass is 281 g/mol. The Morgan fingerprint density at radius 1 is 1.41 bits per heavy atom. The SMILES string of the molecule is CC(CCN)S(=O)C1CCCC(S(C)(=O)=O)C1. The normalized spacial score (nSPS) is 29.8. The zero-order valence-electron chi connectivity index (χ0n) is 10.6. The lowest BCUT2D eigenvalue weighted by atomic mass is 10.00. The Balaban J connectivity index is 2.64. The van der Waals surface area contributed by atoms with Crippen LogP contribution >= 0.6 is 0 Å². The predicted molar refractivity (Wildman–Crippen MR) is 72.2 cm³/mol. The van der Waals surface area contributed by atoms with Crippen molar-refractivity contribution in [2.24, 2.45) is 5.73 Å². The summed E-state index contributed by atoms with van der Waals surface area (Å²) in [5.41, 5.74) is 5.46. The highest BCUT2D eigenvalue weighted by atomic mass is 32.2. The average molecular weight is 281 g/mol. The van der Waals surface area contributed by atoms with Gasteiger partial charge < -0.3 is 5.73 Å². The average Bonchev–Trinajstić information content (AvgIpc) is 2.27. The van der Waals surface area contributed by atoms with Crippen LogP contribution in [0, 0.1) is 0 Å². The van der Waals surface area contributed by atoms with E-state index in [1.165, 1.54) is 6.26 Å². The molecule has 0 aromatic rings. The number of hydrogen-bond acceptors (Lipinski definition) is 4. The van der Waals surface area contributed by atoms with E-state index < -0.39 is 20.6 Å². The van der Waals surface area contributed by atoms with Gasteiger partial charge in [0.1, 0.15) is 9.84 Å². The highest BCUT2D eigenvalue weighted by Crippen LogP contribution is 2.28. The molecule has 1 saturated carbocycles. The Morgan fingerprint density at radius 2 is 2.06 bits per heavy atom. The molecule has 0 aromatic heterocycles. The fraction of sp³-hybridized carbons (Fsp3) is 1.00. The van der Waals surface area contributed by atoms with Gasteiger partial charge in [-0.3, -0.25) is 4.21 Å². The fourth-order valence-corrected chi connectivity index (χ4v) is 5.53. The van der Waals surface area contributed by atoms with Crippen LogP contribution in [-0.2, 0) is 20.6 Å². The maximum atomic E-state index is 12.2. The molecule has 4 atom stereocenters. The summed E-state index contributed by atoms with van der Waals surface area (Å²) < 4.78 is 35.3. The first kappa shape index (κ1) is 15.1. The molecule has 6 heteroatoms. The van der Waals surface area contributed by atoms with E-state index in [2.05, 4.69) is 0 Å². The molecule has 0 aliphatic heterocycles. The van der Waals surface area contributed by atoms with Crippen molar-refractivity contribution in [3.05, 3.63) is 0 Å². The van der Waals surface area contributed by atoms with Gasteiger partial charge in [-0.15, -0.1) is 0 Å². The summed E-state index contributed by atoms with van der Waals surface area (Å²) in [6.07, 6.45) is 5.05. The molecule has 0 radical (unpaired) electrons. The molecule has 0 amide bonds. The van der Waals surface area contributed by atoms with E-state index in [9.17, 15) is 12.6 Å². The van der Waals surface area contributed by atoms with Crippen LogP contribution in [0.3, 0.4) is 0 Å². The minimum Gasteiger partial charge on any atom is -0.330 e. The smallest absolute Gasteiger partial charge is 0.150 e. The van der Waals surface area contributed by atoms with Crippen molar-refractivity contribution in [3.8, 4) is 0 Å². The van der Waals surface area contributed by atoms with Gasteiger partial charge in [0, 0.05) is 27.6 Å². The van der Waals surface area contributed by atoms with Crippen LogP contribution in [0.15, 0.2) is 0 Å². The third kappa shape index (κ3) is 4.34. The van der Waals surface area contributed by atoms with Crippen LogP contribution in [-0.4, -0.2) is 41.2 Å². The van der Waals surface area contributed by atoms with E-state index in [0.717, 1.165) is 25.7 Å². The van der Waals surface area contributed by atoms with Crippen LogP contribution in [0.5, 0.6) is 0 Å². The molecule has 0 aromatic carbocycles. The second-order valence-corrected chi connectivity index (χ2v) is 9.41. The second kappa shape index (κ2) is 6.29. The number of nitrogens with two attached hydrogens (primary N) is 1. The maximum absolute atomic E-state index is 12.2. The molecule has 2 N–H and O–H groups in total. The third-order valence-corrected chi connectivity index (χ3v) is 7.24. The van der Waals surface area contributed by atoms with Crippen LogP contribution in [0.25, 0.3) is 0 Å². The quantitative estimate of drug-likeness (QED) is 0.809.